The molecule has 1 amide bonds. The van der Waals surface area contributed by atoms with Gasteiger partial charge in [0.25, 0.3) is 10.0 Å². The van der Waals surface area contributed by atoms with E-state index < -0.39 is 22.2 Å². The minimum Gasteiger partial charge on any atom is -0.464 e. The third-order valence-corrected chi connectivity index (χ3v) is 6.71. The Balaban J connectivity index is 1.96. The number of benzene rings is 2. The number of amides is 1. The minimum atomic E-state index is -4.21. The molecule has 2 aromatic carbocycles. The molecule has 1 aliphatic carbocycles. The fourth-order valence-electron chi connectivity index (χ4n) is 3.39. The van der Waals surface area contributed by atoms with Gasteiger partial charge in [-0.1, -0.05) is 29.8 Å². The summed E-state index contributed by atoms with van der Waals surface area (Å²) in [6.45, 7) is -0.0977. The number of hydrogen-bond acceptors (Lipinski definition) is 4. The lowest BCUT2D eigenvalue weighted by molar-refractivity contribution is 0.157. The summed E-state index contributed by atoms with van der Waals surface area (Å²) in [7, 11) is -4.21. The summed E-state index contributed by atoms with van der Waals surface area (Å²) in [5.41, 5.74) is 2.63. The van der Waals surface area contributed by atoms with Crippen molar-refractivity contribution in [2.45, 2.75) is 36.8 Å². The molecule has 138 valence electrons. The summed E-state index contributed by atoms with van der Waals surface area (Å²) < 4.78 is 26.3. The fourth-order valence-corrected chi connectivity index (χ4v) is 5.00. The molecule has 6 nitrogen and oxygen atoms in total. The molecule has 1 aliphatic rings. The largest absolute Gasteiger partial charge is 0.464 e. The first-order valence-electron chi connectivity index (χ1n) is 8.08. The minimum absolute atomic E-state index is 0.0977. The van der Waals surface area contributed by atoms with Gasteiger partial charge < -0.3 is 10.2 Å². The average molecular weight is 396 g/mol. The van der Waals surface area contributed by atoms with E-state index >= 15 is 0 Å². The standard InChI is InChI=1S/C18H18ClNO5S/c19-14-4-7-16(8-5-14)26(24,25)20(18(22)23)15-6-9-17-12(10-15)2-1-3-13(17)11-21/h1-5,7-8,15,21H,6,9-11H2,(H,22,23). The predicted octanol–water partition coefficient (Wildman–Crippen LogP) is 3.06. The lowest BCUT2D eigenvalue weighted by atomic mass is 9.85. The first-order chi connectivity index (χ1) is 12.3. The molecular formula is C18H18ClNO5S. The van der Waals surface area contributed by atoms with E-state index in [9.17, 15) is 23.4 Å². The predicted molar refractivity (Wildman–Crippen MR) is 96.7 cm³/mol. The highest BCUT2D eigenvalue weighted by Gasteiger charge is 2.37. The zero-order valence-corrected chi connectivity index (χ0v) is 15.4. The van der Waals surface area contributed by atoms with Crippen LogP contribution in [-0.2, 0) is 29.5 Å². The number of rotatable bonds is 4. The number of hydrogen-bond donors (Lipinski definition) is 2. The molecule has 0 fully saturated rings. The maximum atomic E-state index is 12.9. The van der Waals surface area contributed by atoms with Crippen molar-refractivity contribution in [3.63, 3.8) is 0 Å². The van der Waals surface area contributed by atoms with Crippen LogP contribution in [0.3, 0.4) is 0 Å². The molecule has 2 N–H and O–H groups in total. The molecule has 0 aromatic heterocycles. The molecule has 0 aliphatic heterocycles. The summed E-state index contributed by atoms with van der Waals surface area (Å²) >= 11 is 5.79. The molecule has 2 aromatic rings. The number of aliphatic hydroxyl groups excluding tert-OH is 1. The van der Waals surface area contributed by atoms with Crippen LogP contribution in [0.15, 0.2) is 47.4 Å². The molecule has 3 rings (SSSR count). The Morgan fingerprint density at radius 3 is 2.50 bits per heavy atom. The molecular weight excluding hydrogens is 378 g/mol. The monoisotopic (exact) mass is 395 g/mol. The molecule has 0 saturated heterocycles. The van der Waals surface area contributed by atoms with Gasteiger partial charge in [-0.3, -0.25) is 0 Å². The van der Waals surface area contributed by atoms with Gasteiger partial charge in [0.1, 0.15) is 0 Å². The maximum Gasteiger partial charge on any atom is 0.421 e. The summed E-state index contributed by atoms with van der Waals surface area (Å²) in [6, 6.07) is 10.2. The van der Waals surface area contributed by atoms with Crippen LogP contribution in [0.25, 0.3) is 0 Å². The molecule has 0 bridgehead atoms. The van der Waals surface area contributed by atoms with Crippen molar-refractivity contribution in [3.8, 4) is 0 Å². The first kappa shape index (κ1) is 18.7. The van der Waals surface area contributed by atoms with Crippen molar-refractivity contribution in [2.24, 2.45) is 0 Å². The van der Waals surface area contributed by atoms with E-state index in [0.29, 0.717) is 22.2 Å². The third kappa shape index (κ3) is 3.42. The Labute approximate surface area is 156 Å². The van der Waals surface area contributed by atoms with Crippen LogP contribution in [0.4, 0.5) is 4.79 Å². The van der Waals surface area contributed by atoms with Crippen molar-refractivity contribution in [2.75, 3.05) is 0 Å². The molecule has 1 atom stereocenters. The Morgan fingerprint density at radius 1 is 1.19 bits per heavy atom. The van der Waals surface area contributed by atoms with Crippen molar-refractivity contribution in [1.82, 2.24) is 4.31 Å². The van der Waals surface area contributed by atoms with Gasteiger partial charge in [0, 0.05) is 5.02 Å². The van der Waals surface area contributed by atoms with E-state index in [4.69, 9.17) is 11.6 Å². The smallest absolute Gasteiger partial charge is 0.421 e. The Hall–Kier alpha value is -2.09. The number of carboxylic acid groups (broad SMARTS) is 1. The van der Waals surface area contributed by atoms with Gasteiger partial charge in [-0.2, -0.15) is 4.31 Å². The zero-order valence-electron chi connectivity index (χ0n) is 13.8. The zero-order chi connectivity index (χ0) is 18.9. The number of fused-ring (bicyclic) bond motifs is 1. The van der Waals surface area contributed by atoms with Crippen LogP contribution in [0.5, 0.6) is 0 Å². The Kier molecular flexibility index (Phi) is 5.22. The molecule has 0 radical (unpaired) electrons. The topological polar surface area (TPSA) is 94.9 Å². The highest BCUT2D eigenvalue weighted by molar-refractivity contribution is 7.89. The molecule has 26 heavy (non-hydrogen) atoms. The van der Waals surface area contributed by atoms with Crippen molar-refractivity contribution < 1.29 is 23.4 Å². The Bertz CT molecular complexity index is 927. The summed E-state index contributed by atoms with van der Waals surface area (Å²) in [5.74, 6) is 0. The molecule has 1 unspecified atom stereocenters. The van der Waals surface area contributed by atoms with Crippen LogP contribution in [0, 0.1) is 0 Å². The van der Waals surface area contributed by atoms with Gasteiger partial charge in [0.15, 0.2) is 0 Å². The van der Waals surface area contributed by atoms with Crippen molar-refractivity contribution in [1.29, 1.82) is 0 Å². The second-order valence-corrected chi connectivity index (χ2v) is 8.40. The first-order valence-corrected chi connectivity index (χ1v) is 9.90. The van der Waals surface area contributed by atoms with E-state index in [1.165, 1.54) is 24.3 Å². The number of sulfonamides is 1. The van der Waals surface area contributed by atoms with E-state index in [-0.39, 0.29) is 17.9 Å². The third-order valence-electron chi connectivity index (χ3n) is 4.61. The van der Waals surface area contributed by atoms with Crippen LogP contribution in [0.2, 0.25) is 5.02 Å². The van der Waals surface area contributed by atoms with Gasteiger partial charge in [0.05, 0.1) is 17.5 Å². The second-order valence-electron chi connectivity index (χ2n) is 6.15. The van der Waals surface area contributed by atoms with Crippen molar-refractivity contribution in [3.05, 3.63) is 64.2 Å². The number of carbonyl (C=O) groups is 1. The summed E-state index contributed by atoms with van der Waals surface area (Å²) in [5, 5.41) is 19.4. The lowest BCUT2D eigenvalue weighted by Crippen LogP contribution is -2.46. The summed E-state index contributed by atoms with van der Waals surface area (Å²) in [6.07, 6.45) is -0.353. The maximum absolute atomic E-state index is 12.9. The van der Waals surface area contributed by atoms with E-state index in [1.54, 1.807) is 6.07 Å². The van der Waals surface area contributed by atoms with Crippen LogP contribution in [0.1, 0.15) is 23.1 Å². The van der Waals surface area contributed by atoms with Gasteiger partial charge in [-0.05, 0) is 60.2 Å². The van der Waals surface area contributed by atoms with E-state index in [2.05, 4.69) is 0 Å². The highest BCUT2D eigenvalue weighted by Crippen LogP contribution is 2.30. The number of aliphatic hydroxyl groups is 1. The highest BCUT2D eigenvalue weighted by atomic mass is 35.5. The van der Waals surface area contributed by atoms with Gasteiger partial charge >= 0.3 is 6.09 Å². The van der Waals surface area contributed by atoms with Gasteiger partial charge in [0.2, 0.25) is 0 Å². The van der Waals surface area contributed by atoms with Crippen LogP contribution < -0.4 is 0 Å². The Morgan fingerprint density at radius 2 is 1.88 bits per heavy atom. The number of nitrogens with zero attached hydrogens (tertiary/aromatic N) is 1. The molecule has 0 saturated carbocycles. The normalized spacial score (nSPS) is 16.8. The summed E-state index contributed by atoms with van der Waals surface area (Å²) in [4.78, 5) is 11.7. The second kappa shape index (κ2) is 7.26. The number of halogens is 1. The molecule has 0 heterocycles. The van der Waals surface area contributed by atoms with Crippen LogP contribution >= 0.6 is 11.6 Å². The average Bonchev–Trinajstić information content (AvgIpc) is 2.60. The van der Waals surface area contributed by atoms with Crippen LogP contribution in [-0.4, -0.2) is 35.1 Å². The lowest BCUT2D eigenvalue weighted by Gasteiger charge is -2.33. The molecule has 0 spiro atoms. The van der Waals surface area contributed by atoms with Gasteiger partial charge in [-0.25, -0.2) is 13.2 Å². The quantitative estimate of drug-likeness (QED) is 0.829. The van der Waals surface area contributed by atoms with E-state index in [0.717, 1.165) is 16.7 Å². The molecule has 8 heteroatoms. The SMILES string of the molecule is O=C(O)N(C1CCc2c(CO)cccc2C1)S(=O)(=O)c1ccc(Cl)cc1. The van der Waals surface area contributed by atoms with Crippen molar-refractivity contribution >= 4 is 27.7 Å². The van der Waals surface area contributed by atoms with E-state index in [1.807, 2.05) is 12.1 Å². The van der Waals surface area contributed by atoms with Gasteiger partial charge in [-0.15, -0.1) is 0 Å². The fraction of sp³-hybridized carbons (Fsp3) is 0.278.